The first kappa shape index (κ1) is 13.9. The quantitative estimate of drug-likeness (QED) is 0.559. The number of nitrogens with one attached hydrogen (secondary N) is 2. The van der Waals surface area contributed by atoms with Gasteiger partial charge in [0.1, 0.15) is 0 Å². The van der Waals surface area contributed by atoms with Crippen LogP contribution in [0.2, 0.25) is 0 Å². The summed E-state index contributed by atoms with van der Waals surface area (Å²) in [5.41, 5.74) is 0. The highest BCUT2D eigenvalue weighted by Gasteiger charge is 2.00. The first-order valence-corrected chi connectivity index (χ1v) is 6.17. The molecule has 0 amide bonds. The summed E-state index contributed by atoms with van der Waals surface area (Å²) in [7, 11) is 0. The van der Waals surface area contributed by atoms with Crippen molar-refractivity contribution < 1.29 is 0 Å². The van der Waals surface area contributed by atoms with Crippen molar-refractivity contribution >= 4 is 0 Å². The summed E-state index contributed by atoms with van der Waals surface area (Å²) in [5, 5.41) is 7.04. The van der Waals surface area contributed by atoms with Gasteiger partial charge in [-0.25, -0.2) is 0 Å². The van der Waals surface area contributed by atoms with Gasteiger partial charge in [0, 0.05) is 25.2 Å². The molecule has 0 aliphatic heterocycles. The Hall–Kier alpha value is -0.0800. The van der Waals surface area contributed by atoms with Crippen LogP contribution in [0.4, 0.5) is 0 Å². The van der Waals surface area contributed by atoms with Gasteiger partial charge < -0.3 is 10.6 Å². The van der Waals surface area contributed by atoms with Crippen LogP contribution >= 0.6 is 0 Å². The second-order valence-electron chi connectivity index (χ2n) is 4.29. The standard InChI is InChI=1S/C12H28N2/c1-5-7-11(3)13-9-10-14-12(4)8-6-2/h11-14H,5-10H2,1-4H3. The largest absolute Gasteiger partial charge is 0.313 e. The van der Waals surface area contributed by atoms with Crippen molar-refractivity contribution in [1.29, 1.82) is 0 Å². The summed E-state index contributed by atoms with van der Waals surface area (Å²) < 4.78 is 0. The molecular weight excluding hydrogens is 172 g/mol. The van der Waals surface area contributed by atoms with Crippen molar-refractivity contribution in [3.05, 3.63) is 0 Å². The Balaban J connectivity index is 3.19. The number of hydrogen-bond acceptors (Lipinski definition) is 2. The van der Waals surface area contributed by atoms with Crippen LogP contribution in [-0.4, -0.2) is 25.2 Å². The second kappa shape index (κ2) is 9.47. The lowest BCUT2D eigenvalue weighted by Crippen LogP contribution is -2.36. The predicted molar refractivity (Wildman–Crippen MR) is 64.7 cm³/mol. The van der Waals surface area contributed by atoms with Crippen molar-refractivity contribution in [3.63, 3.8) is 0 Å². The van der Waals surface area contributed by atoms with Crippen LogP contribution in [-0.2, 0) is 0 Å². The van der Waals surface area contributed by atoms with Crippen LogP contribution < -0.4 is 10.6 Å². The molecule has 0 aromatic rings. The van der Waals surface area contributed by atoms with Gasteiger partial charge in [0.05, 0.1) is 0 Å². The van der Waals surface area contributed by atoms with E-state index >= 15 is 0 Å². The minimum absolute atomic E-state index is 0.670. The topological polar surface area (TPSA) is 24.1 Å². The van der Waals surface area contributed by atoms with Crippen molar-refractivity contribution in [3.8, 4) is 0 Å². The Morgan fingerprint density at radius 2 is 1.14 bits per heavy atom. The molecule has 0 saturated carbocycles. The molecule has 0 aromatic heterocycles. The third-order valence-corrected chi connectivity index (χ3v) is 2.55. The van der Waals surface area contributed by atoms with E-state index in [4.69, 9.17) is 0 Å². The van der Waals surface area contributed by atoms with Gasteiger partial charge in [-0.2, -0.15) is 0 Å². The second-order valence-corrected chi connectivity index (χ2v) is 4.29. The van der Waals surface area contributed by atoms with Gasteiger partial charge in [-0.1, -0.05) is 26.7 Å². The monoisotopic (exact) mass is 200 g/mol. The van der Waals surface area contributed by atoms with E-state index in [-0.39, 0.29) is 0 Å². The average Bonchev–Trinajstić information content (AvgIpc) is 2.13. The summed E-state index contributed by atoms with van der Waals surface area (Å²) in [6.45, 7) is 11.2. The van der Waals surface area contributed by atoms with E-state index in [1.54, 1.807) is 0 Å². The van der Waals surface area contributed by atoms with E-state index in [2.05, 4.69) is 38.3 Å². The Bertz CT molecular complexity index is 101. The molecule has 0 spiro atoms. The Morgan fingerprint density at radius 1 is 0.786 bits per heavy atom. The minimum atomic E-state index is 0.670. The van der Waals surface area contributed by atoms with Crippen LogP contribution in [0.15, 0.2) is 0 Å². The third-order valence-electron chi connectivity index (χ3n) is 2.55. The van der Waals surface area contributed by atoms with E-state index in [1.165, 1.54) is 25.7 Å². The first-order valence-electron chi connectivity index (χ1n) is 6.17. The Kier molecular flexibility index (Phi) is 9.42. The highest BCUT2D eigenvalue weighted by molar-refractivity contribution is 4.63. The molecule has 0 aliphatic rings. The molecule has 86 valence electrons. The van der Waals surface area contributed by atoms with Gasteiger partial charge in [-0.15, -0.1) is 0 Å². The first-order chi connectivity index (χ1) is 6.70. The fourth-order valence-corrected chi connectivity index (χ4v) is 1.71. The van der Waals surface area contributed by atoms with Gasteiger partial charge in [-0.05, 0) is 26.7 Å². The van der Waals surface area contributed by atoms with Gasteiger partial charge in [-0.3, -0.25) is 0 Å². The maximum atomic E-state index is 3.52. The highest BCUT2D eigenvalue weighted by Crippen LogP contribution is 1.95. The van der Waals surface area contributed by atoms with Gasteiger partial charge >= 0.3 is 0 Å². The fraction of sp³-hybridized carbons (Fsp3) is 1.00. The van der Waals surface area contributed by atoms with Crippen LogP contribution in [0.25, 0.3) is 0 Å². The van der Waals surface area contributed by atoms with E-state index in [0.717, 1.165) is 13.1 Å². The fourth-order valence-electron chi connectivity index (χ4n) is 1.71. The maximum absolute atomic E-state index is 3.52. The maximum Gasteiger partial charge on any atom is 0.00793 e. The van der Waals surface area contributed by atoms with Crippen molar-refractivity contribution in [1.82, 2.24) is 10.6 Å². The molecule has 2 atom stereocenters. The molecule has 0 bridgehead atoms. The molecule has 0 rings (SSSR count). The smallest absolute Gasteiger partial charge is 0.00793 e. The van der Waals surface area contributed by atoms with E-state index in [1.807, 2.05) is 0 Å². The lowest BCUT2D eigenvalue weighted by molar-refractivity contribution is 0.462. The van der Waals surface area contributed by atoms with Crippen molar-refractivity contribution in [2.45, 2.75) is 65.5 Å². The molecule has 0 aliphatic carbocycles. The van der Waals surface area contributed by atoms with E-state index in [9.17, 15) is 0 Å². The third kappa shape index (κ3) is 8.52. The average molecular weight is 200 g/mol. The number of hydrogen-bond donors (Lipinski definition) is 2. The van der Waals surface area contributed by atoms with Crippen LogP contribution in [0.5, 0.6) is 0 Å². The van der Waals surface area contributed by atoms with Crippen molar-refractivity contribution in [2.24, 2.45) is 0 Å². The predicted octanol–water partition coefficient (Wildman–Crippen LogP) is 2.54. The zero-order valence-corrected chi connectivity index (χ0v) is 10.4. The van der Waals surface area contributed by atoms with Gasteiger partial charge in [0.15, 0.2) is 0 Å². The number of rotatable bonds is 9. The Morgan fingerprint density at radius 3 is 1.43 bits per heavy atom. The highest BCUT2D eigenvalue weighted by atomic mass is 15.0. The molecule has 2 nitrogen and oxygen atoms in total. The zero-order valence-electron chi connectivity index (χ0n) is 10.4. The summed E-state index contributed by atoms with van der Waals surface area (Å²) in [6, 6.07) is 1.34. The van der Waals surface area contributed by atoms with Crippen LogP contribution in [0, 0.1) is 0 Å². The van der Waals surface area contributed by atoms with E-state index < -0.39 is 0 Å². The molecule has 0 radical (unpaired) electrons. The molecule has 2 heteroatoms. The summed E-state index contributed by atoms with van der Waals surface area (Å²) in [6.07, 6.45) is 5.11. The summed E-state index contributed by atoms with van der Waals surface area (Å²) in [4.78, 5) is 0. The normalized spacial score (nSPS) is 15.4. The van der Waals surface area contributed by atoms with Crippen LogP contribution in [0.3, 0.4) is 0 Å². The molecule has 14 heavy (non-hydrogen) atoms. The SMILES string of the molecule is CCCC(C)NCCNC(C)CCC. The van der Waals surface area contributed by atoms with E-state index in [0.29, 0.717) is 12.1 Å². The molecule has 0 heterocycles. The molecule has 0 saturated heterocycles. The molecule has 2 unspecified atom stereocenters. The molecular formula is C12H28N2. The lowest BCUT2D eigenvalue weighted by Gasteiger charge is -2.15. The van der Waals surface area contributed by atoms with Crippen LogP contribution in [0.1, 0.15) is 53.4 Å². The summed E-state index contributed by atoms with van der Waals surface area (Å²) in [5.74, 6) is 0. The molecule has 2 N–H and O–H groups in total. The Labute approximate surface area is 89.9 Å². The van der Waals surface area contributed by atoms with Gasteiger partial charge in [0.2, 0.25) is 0 Å². The molecule has 0 aromatic carbocycles. The van der Waals surface area contributed by atoms with Gasteiger partial charge in [0.25, 0.3) is 0 Å². The lowest BCUT2D eigenvalue weighted by atomic mass is 10.2. The minimum Gasteiger partial charge on any atom is -0.313 e. The molecule has 0 fully saturated rings. The van der Waals surface area contributed by atoms with Crippen molar-refractivity contribution in [2.75, 3.05) is 13.1 Å². The zero-order chi connectivity index (χ0) is 10.8. The summed E-state index contributed by atoms with van der Waals surface area (Å²) >= 11 is 0.